The molecule has 0 saturated carbocycles. The lowest BCUT2D eigenvalue weighted by molar-refractivity contribution is -0.144. The van der Waals surface area contributed by atoms with Crippen molar-refractivity contribution in [2.45, 2.75) is 12.3 Å². The highest BCUT2D eigenvalue weighted by Crippen LogP contribution is 2.43. The number of carbonyl (C=O) groups excluding carboxylic acids is 2. The number of methoxy groups -OCH3 is 2. The van der Waals surface area contributed by atoms with Gasteiger partial charge >= 0.3 is 5.97 Å². The van der Waals surface area contributed by atoms with Crippen LogP contribution in [0.4, 0.5) is 0 Å². The van der Waals surface area contributed by atoms with Crippen molar-refractivity contribution in [1.82, 2.24) is 4.90 Å². The molecule has 0 spiro atoms. The molecular formula is C20H19NO5. The molecule has 0 aliphatic carbocycles. The summed E-state index contributed by atoms with van der Waals surface area (Å²) in [4.78, 5) is 26.5. The summed E-state index contributed by atoms with van der Waals surface area (Å²) in [6.45, 7) is 0. The predicted octanol–water partition coefficient (Wildman–Crippen LogP) is 2.90. The summed E-state index contributed by atoms with van der Waals surface area (Å²) in [5.74, 6) is -2.06. The molecule has 2 aromatic carbocycles. The van der Waals surface area contributed by atoms with E-state index in [0.717, 1.165) is 5.56 Å². The lowest BCUT2D eigenvalue weighted by Crippen LogP contribution is -2.36. The zero-order valence-corrected chi connectivity index (χ0v) is 14.5. The fourth-order valence-electron chi connectivity index (χ4n) is 3.17. The number of hydrogen-bond acceptors (Lipinski definition) is 5. The Kier molecular flexibility index (Phi) is 5.04. The molecule has 0 fully saturated rings. The largest absolute Gasteiger partial charge is 0.503 e. The number of benzene rings is 2. The number of aliphatic hydroxyl groups excluding tert-OH is 1. The lowest BCUT2D eigenvalue weighted by Gasteiger charge is -2.33. The minimum Gasteiger partial charge on any atom is -0.503 e. The summed E-state index contributed by atoms with van der Waals surface area (Å²) in [6, 6.07) is 17.3. The Bertz CT molecular complexity index is 832. The van der Waals surface area contributed by atoms with Crippen molar-refractivity contribution < 1.29 is 24.2 Å². The lowest BCUT2D eigenvalue weighted by atomic mass is 9.98. The molecule has 0 radical (unpaired) electrons. The molecule has 134 valence electrons. The summed E-state index contributed by atoms with van der Waals surface area (Å²) < 4.78 is 10.4. The van der Waals surface area contributed by atoms with Crippen molar-refractivity contribution in [3.8, 4) is 0 Å². The number of hydrogen-bond donors (Lipinski definition) is 1. The van der Waals surface area contributed by atoms with E-state index in [1.54, 1.807) is 24.3 Å². The van der Waals surface area contributed by atoms with E-state index in [-0.39, 0.29) is 5.57 Å². The van der Waals surface area contributed by atoms with Gasteiger partial charge in [-0.05, 0) is 5.56 Å². The standard InChI is InChI=1S/C20H19NO5/c1-25-19(14-11-7-4-8-12-14)21-16(13-9-5-3-6-10-13)15(20(24)26-2)17(22)18(21)23/h3-12,16,19,22H,1-2H3. The highest BCUT2D eigenvalue weighted by atomic mass is 16.5. The van der Waals surface area contributed by atoms with Gasteiger partial charge in [-0.25, -0.2) is 4.79 Å². The maximum Gasteiger partial charge on any atom is 0.340 e. The maximum absolute atomic E-state index is 12.8. The van der Waals surface area contributed by atoms with Crippen LogP contribution >= 0.6 is 0 Å². The Morgan fingerprint density at radius 1 is 1.04 bits per heavy atom. The topological polar surface area (TPSA) is 76.1 Å². The molecule has 1 aliphatic rings. The van der Waals surface area contributed by atoms with Crippen LogP contribution in [-0.2, 0) is 19.1 Å². The second-order valence-corrected chi connectivity index (χ2v) is 5.78. The minimum atomic E-state index is -0.818. The Hall–Kier alpha value is -3.12. The summed E-state index contributed by atoms with van der Waals surface area (Å²) in [5.41, 5.74) is 1.30. The smallest absolute Gasteiger partial charge is 0.340 e. The number of rotatable bonds is 5. The molecule has 2 atom stereocenters. The SMILES string of the molecule is COC(=O)C1=C(O)C(=O)N(C(OC)c2ccccc2)C1c1ccccc1. The monoisotopic (exact) mass is 353 g/mol. The second-order valence-electron chi connectivity index (χ2n) is 5.78. The minimum absolute atomic E-state index is 0.0957. The Morgan fingerprint density at radius 3 is 2.15 bits per heavy atom. The third-order valence-corrected chi connectivity index (χ3v) is 4.33. The summed E-state index contributed by atoms with van der Waals surface area (Å²) in [6.07, 6.45) is -0.779. The molecule has 3 rings (SSSR count). The van der Waals surface area contributed by atoms with E-state index >= 15 is 0 Å². The van der Waals surface area contributed by atoms with Crippen molar-refractivity contribution in [2.75, 3.05) is 14.2 Å². The summed E-state index contributed by atoms with van der Waals surface area (Å²) >= 11 is 0. The fraction of sp³-hybridized carbons (Fsp3) is 0.200. The van der Waals surface area contributed by atoms with Gasteiger partial charge in [0, 0.05) is 12.7 Å². The zero-order chi connectivity index (χ0) is 18.7. The molecule has 1 amide bonds. The van der Waals surface area contributed by atoms with Crippen molar-refractivity contribution >= 4 is 11.9 Å². The van der Waals surface area contributed by atoms with Gasteiger partial charge in [0.2, 0.25) is 0 Å². The molecule has 0 saturated heterocycles. The van der Waals surface area contributed by atoms with Gasteiger partial charge in [-0.15, -0.1) is 0 Å². The van der Waals surface area contributed by atoms with Crippen molar-refractivity contribution in [3.63, 3.8) is 0 Å². The van der Waals surface area contributed by atoms with Crippen LogP contribution in [-0.4, -0.2) is 36.1 Å². The number of carbonyl (C=O) groups is 2. The molecule has 1 heterocycles. The number of aliphatic hydroxyl groups is 1. The number of ether oxygens (including phenoxy) is 2. The quantitative estimate of drug-likeness (QED) is 0.837. The Morgan fingerprint density at radius 2 is 1.62 bits per heavy atom. The van der Waals surface area contributed by atoms with E-state index in [2.05, 4.69) is 0 Å². The Balaban J connectivity index is 2.14. The molecule has 26 heavy (non-hydrogen) atoms. The van der Waals surface area contributed by atoms with Crippen LogP contribution in [0.15, 0.2) is 72.0 Å². The van der Waals surface area contributed by atoms with Gasteiger partial charge in [0.25, 0.3) is 5.91 Å². The van der Waals surface area contributed by atoms with Gasteiger partial charge in [-0.1, -0.05) is 60.7 Å². The first-order valence-corrected chi connectivity index (χ1v) is 8.07. The molecule has 2 aromatic rings. The Labute approximate surface area is 151 Å². The van der Waals surface area contributed by atoms with E-state index in [9.17, 15) is 14.7 Å². The molecule has 6 nitrogen and oxygen atoms in total. The number of esters is 1. The van der Waals surface area contributed by atoms with Gasteiger partial charge in [0.15, 0.2) is 12.0 Å². The van der Waals surface area contributed by atoms with E-state index in [0.29, 0.717) is 5.56 Å². The number of nitrogens with zero attached hydrogens (tertiary/aromatic N) is 1. The predicted molar refractivity (Wildman–Crippen MR) is 93.9 cm³/mol. The second kappa shape index (κ2) is 7.41. The van der Waals surface area contributed by atoms with Crippen LogP contribution in [0.3, 0.4) is 0 Å². The maximum atomic E-state index is 12.8. The van der Waals surface area contributed by atoms with Crippen LogP contribution in [0.2, 0.25) is 0 Å². The molecule has 1 N–H and O–H groups in total. The van der Waals surface area contributed by atoms with Gasteiger partial charge in [-0.3, -0.25) is 9.69 Å². The average Bonchev–Trinajstić information content (AvgIpc) is 2.95. The van der Waals surface area contributed by atoms with Gasteiger partial charge in [0.05, 0.1) is 13.2 Å². The summed E-state index contributed by atoms with van der Waals surface area (Å²) in [7, 11) is 2.68. The van der Waals surface area contributed by atoms with Crippen LogP contribution in [0.5, 0.6) is 0 Å². The molecule has 0 aromatic heterocycles. The molecule has 0 bridgehead atoms. The molecule has 1 aliphatic heterocycles. The third-order valence-electron chi connectivity index (χ3n) is 4.33. The molecule has 2 unspecified atom stereocenters. The fourth-order valence-corrected chi connectivity index (χ4v) is 3.17. The van der Waals surface area contributed by atoms with Crippen LogP contribution in [0, 0.1) is 0 Å². The van der Waals surface area contributed by atoms with Crippen molar-refractivity contribution in [3.05, 3.63) is 83.1 Å². The first-order chi connectivity index (χ1) is 12.6. The van der Waals surface area contributed by atoms with E-state index in [1.807, 2.05) is 36.4 Å². The number of amides is 1. The highest BCUT2D eigenvalue weighted by molar-refractivity contribution is 6.06. The first-order valence-electron chi connectivity index (χ1n) is 8.07. The van der Waals surface area contributed by atoms with Crippen LogP contribution in [0.25, 0.3) is 0 Å². The van der Waals surface area contributed by atoms with Gasteiger partial charge in [-0.2, -0.15) is 0 Å². The van der Waals surface area contributed by atoms with Gasteiger partial charge in [0.1, 0.15) is 5.57 Å². The first kappa shape index (κ1) is 17.7. The van der Waals surface area contributed by atoms with E-state index in [4.69, 9.17) is 9.47 Å². The van der Waals surface area contributed by atoms with Crippen LogP contribution in [0.1, 0.15) is 23.4 Å². The van der Waals surface area contributed by atoms with Crippen molar-refractivity contribution in [2.24, 2.45) is 0 Å². The van der Waals surface area contributed by atoms with Crippen molar-refractivity contribution in [1.29, 1.82) is 0 Å². The third kappa shape index (κ3) is 2.95. The molecule has 6 heteroatoms. The molecular weight excluding hydrogens is 334 g/mol. The highest BCUT2D eigenvalue weighted by Gasteiger charge is 2.47. The zero-order valence-electron chi connectivity index (χ0n) is 14.5. The van der Waals surface area contributed by atoms with E-state index < -0.39 is 29.9 Å². The normalized spacial score (nSPS) is 18.2. The summed E-state index contributed by atoms with van der Waals surface area (Å²) in [5, 5.41) is 10.4. The van der Waals surface area contributed by atoms with Crippen LogP contribution < -0.4 is 0 Å². The van der Waals surface area contributed by atoms with E-state index in [1.165, 1.54) is 19.1 Å². The average molecular weight is 353 g/mol. The van der Waals surface area contributed by atoms with Gasteiger partial charge < -0.3 is 14.6 Å².